The molecule has 1 heterocycles. The molecule has 0 bridgehead atoms. The lowest BCUT2D eigenvalue weighted by atomic mass is 9.77. The standard InChI is InChI=1S/C21H24BrNO4/c1-26-17-7-8-19(22)18(13-17)20(24)23-14-21(25,15-5-3-2-4-6-15)16-9-11-27-12-10-16/h2-8,13,16,25H,9-12,14H2,1H3,(H,23,24)/t21-/m0/s1. The maximum absolute atomic E-state index is 12.8. The quantitative estimate of drug-likeness (QED) is 0.731. The summed E-state index contributed by atoms with van der Waals surface area (Å²) in [5.41, 5.74) is 0.130. The lowest BCUT2D eigenvalue weighted by molar-refractivity contribution is -0.0680. The molecule has 1 aliphatic heterocycles. The average Bonchev–Trinajstić information content (AvgIpc) is 2.73. The van der Waals surface area contributed by atoms with Gasteiger partial charge in [0.15, 0.2) is 0 Å². The van der Waals surface area contributed by atoms with Gasteiger partial charge in [-0.15, -0.1) is 0 Å². The second kappa shape index (κ2) is 8.87. The highest BCUT2D eigenvalue weighted by Crippen LogP contribution is 2.36. The fourth-order valence-electron chi connectivity index (χ4n) is 3.50. The molecule has 2 aromatic rings. The van der Waals surface area contributed by atoms with E-state index in [0.29, 0.717) is 29.0 Å². The number of rotatable bonds is 6. The summed E-state index contributed by atoms with van der Waals surface area (Å²) in [7, 11) is 1.56. The number of halogens is 1. The summed E-state index contributed by atoms with van der Waals surface area (Å²) in [6.07, 6.45) is 1.51. The molecule has 0 saturated carbocycles. The first-order chi connectivity index (χ1) is 13.0. The number of hydrogen-bond acceptors (Lipinski definition) is 4. The highest BCUT2D eigenvalue weighted by Gasteiger charge is 2.39. The van der Waals surface area contributed by atoms with Crippen molar-refractivity contribution in [1.82, 2.24) is 5.32 Å². The molecule has 2 N–H and O–H groups in total. The minimum absolute atomic E-state index is 0.0164. The van der Waals surface area contributed by atoms with E-state index in [-0.39, 0.29) is 18.4 Å². The van der Waals surface area contributed by atoms with Crippen molar-refractivity contribution in [3.8, 4) is 5.75 Å². The molecule has 1 aliphatic rings. The van der Waals surface area contributed by atoms with Crippen LogP contribution < -0.4 is 10.1 Å². The van der Waals surface area contributed by atoms with Gasteiger partial charge in [0.25, 0.3) is 5.91 Å². The van der Waals surface area contributed by atoms with Crippen molar-refractivity contribution < 1.29 is 19.4 Å². The molecule has 0 spiro atoms. The second-order valence-corrected chi connectivity index (χ2v) is 7.56. The van der Waals surface area contributed by atoms with E-state index in [4.69, 9.17) is 9.47 Å². The lowest BCUT2D eigenvalue weighted by Crippen LogP contribution is -2.47. The molecule has 27 heavy (non-hydrogen) atoms. The first kappa shape index (κ1) is 19.9. The highest BCUT2D eigenvalue weighted by atomic mass is 79.9. The number of carbonyl (C=O) groups excluding carboxylic acids is 1. The van der Waals surface area contributed by atoms with Crippen molar-refractivity contribution in [2.24, 2.45) is 5.92 Å². The van der Waals surface area contributed by atoms with Crippen LogP contribution in [-0.2, 0) is 10.3 Å². The largest absolute Gasteiger partial charge is 0.497 e. The van der Waals surface area contributed by atoms with E-state index in [1.807, 2.05) is 30.3 Å². The summed E-state index contributed by atoms with van der Waals surface area (Å²) >= 11 is 3.41. The summed E-state index contributed by atoms with van der Waals surface area (Å²) in [6, 6.07) is 14.8. The number of methoxy groups -OCH3 is 1. The Morgan fingerprint density at radius 2 is 1.96 bits per heavy atom. The zero-order valence-electron chi connectivity index (χ0n) is 15.3. The molecule has 1 fully saturated rings. The van der Waals surface area contributed by atoms with Crippen molar-refractivity contribution in [2.75, 3.05) is 26.9 Å². The van der Waals surface area contributed by atoms with E-state index in [9.17, 15) is 9.90 Å². The number of ether oxygens (including phenoxy) is 2. The molecule has 1 atom stereocenters. The highest BCUT2D eigenvalue weighted by molar-refractivity contribution is 9.10. The van der Waals surface area contributed by atoms with Gasteiger partial charge in [0.1, 0.15) is 11.4 Å². The minimum atomic E-state index is -1.15. The molecular formula is C21H24BrNO4. The van der Waals surface area contributed by atoms with Crippen LogP contribution >= 0.6 is 15.9 Å². The maximum Gasteiger partial charge on any atom is 0.252 e. The zero-order chi connectivity index (χ0) is 19.3. The lowest BCUT2D eigenvalue weighted by Gasteiger charge is -2.39. The van der Waals surface area contributed by atoms with Crippen LogP contribution in [0.5, 0.6) is 5.75 Å². The smallest absolute Gasteiger partial charge is 0.252 e. The number of carbonyl (C=O) groups is 1. The summed E-state index contributed by atoms with van der Waals surface area (Å²) in [4.78, 5) is 12.8. The molecule has 5 nitrogen and oxygen atoms in total. The third-order valence-corrected chi connectivity index (χ3v) is 5.80. The monoisotopic (exact) mass is 433 g/mol. The molecule has 0 unspecified atom stereocenters. The summed E-state index contributed by atoms with van der Waals surface area (Å²) in [5, 5.41) is 14.5. The molecular weight excluding hydrogens is 410 g/mol. The molecule has 0 aromatic heterocycles. The molecule has 2 aromatic carbocycles. The second-order valence-electron chi connectivity index (χ2n) is 6.71. The first-order valence-electron chi connectivity index (χ1n) is 9.02. The Bertz CT molecular complexity index is 777. The van der Waals surface area contributed by atoms with Crippen LogP contribution in [0.25, 0.3) is 0 Å². The van der Waals surface area contributed by atoms with E-state index in [1.165, 1.54) is 0 Å². The van der Waals surface area contributed by atoms with Crippen LogP contribution in [0.3, 0.4) is 0 Å². The topological polar surface area (TPSA) is 67.8 Å². The van der Waals surface area contributed by atoms with Crippen LogP contribution in [0.1, 0.15) is 28.8 Å². The van der Waals surface area contributed by atoms with E-state index in [1.54, 1.807) is 25.3 Å². The number of amides is 1. The summed E-state index contributed by atoms with van der Waals surface area (Å²) in [6.45, 7) is 1.37. The maximum atomic E-state index is 12.8. The van der Waals surface area contributed by atoms with Crippen LogP contribution in [0.4, 0.5) is 0 Å². The normalized spacial score (nSPS) is 17.1. The fraction of sp³-hybridized carbons (Fsp3) is 0.381. The Kier molecular flexibility index (Phi) is 6.52. The number of benzene rings is 2. The van der Waals surface area contributed by atoms with E-state index in [0.717, 1.165) is 18.4 Å². The molecule has 144 valence electrons. The first-order valence-corrected chi connectivity index (χ1v) is 9.81. The average molecular weight is 434 g/mol. The molecule has 1 amide bonds. The van der Waals surface area contributed by atoms with E-state index < -0.39 is 5.60 Å². The van der Waals surface area contributed by atoms with Crippen LogP contribution in [0.15, 0.2) is 53.0 Å². The Balaban J connectivity index is 1.81. The molecule has 3 rings (SSSR count). The van der Waals surface area contributed by atoms with Crippen LogP contribution in [0.2, 0.25) is 0 Å². The Morgan fingerprint density at radius 1 is 1.26 bits per heavy atom. The van der Waals surface area contributed by atoms with Crippen molar-refractivity contribution >= 4 is 21.8 Å². The predicted octanol–water partition coefficient (Wildman–Crippen LogP) is 3.50. The Morgan fingerprint density at radius 3 is 2.63 bits per heavy atom. The van der Waals surface area contributed by atoms with Crippen molar-refractivity contribution in [1.29, 1.82) is 0 Å². The van der Waals surface area contributed by atoms with Gasteiger partial charge in [0.2, 0.25) is 0 Å². The van der Waals surface area contributed by atoms with E-state index in [2.05, 4.69) is 21.2 Å². The number of nitrogens with one attached hydrogen (secondary N) is 1. The van der Waals surface area contributed by atoms with Crippen molar-refractivity contribution in [3.63, 3.8) is 0 Å². The van der Waals surface area contributed by atoms with Gasteiger partial charge in [-0.1, -0.05) is 30.3 Å². The van der Waals surface area contributed by atoms with Gasteiger partial charge in [0, 0.05) is 17.7 Å². The predicted molar refractivity (Wildman–Crippen MR) is 107 cm³/mol. The molecule has 1 saturated heterocycles. The molecule has 6 heteroatoms. The third kappa shape index (κ3) is 4.51. The third-order valence-electron chi connectivity index (χ3n) is 5.11. The Hall–Kier alpha value is -1.89. The van der Waals surface area contributed by atoms with Gasteiger partial charge in [-0.2, -0.15) is 0 Å². The van der Waals surface area contributed by atoms with Gasteiger partial charge in [-0.25, -0.2) is 0 Å². The SMILES string of the molecule is COc1ccc(Br)c(C(=O)NC[C@](O)(c2ccccc2)C2CCOCC2)c1. The fourth-order valence-corrected chi connectivity index (χ4v) is 3.93. The van der Waals surface area contributed by atoms with Crippen LogP contribution in [0, 0.1) is 5.92 Å². The summed E-state index contributed by atoms with van der Waals surface area (Å²) < 4.78 is 11.3. The summed E-state index contributed by atoms with van der Waals surface area (Å²) in [5.74, 6) is 0.357. The van der Waals surface area contributed by atoms with Gasteiger partial charge < -0.3 is 19.9 Å². The van der Waals surface area contributed by atoms with Gasteiger partial charge in [-0.3, -0.25) is 4.79 Å². The van der Waals surface area contributed by atoms with Gasteiger partial charge in [0.05, 0.1) is 19.2 Å². The van der Waals surface area contributed by atoms with Crippen molar-refractivity contribution in [3.05, 3.63) is 64.1 Å². The Labute approximate surface area is 167 Å². The van der Waals surface area contributed by atoms with Crippen LogP contribution in [-0.4, -0.2) is 37.9 Å². The van der Waals surface area contributed by atoms with Crippen molar-refractivity contribution in [2.45, 2.75) is 18.4 Å². The number of aliphatic hydroxyl groups is 1. The number of hydrogen-bond donors (Lipinski definition) is 2. The molecule has 0 aliphatic carbocycles. The van der Waals surface area contributed by atoms with Gasteiger partial charge >= 0.3 is 0 Å². The minimum Gasteiger partial charge on any atom is -0.497 e. The van der Waals surface area contributed by atoms with E-state index >= 15 is 0 Å². The zero-order valence-corrected chi connectivity index (χ0v) is 16.9. The van der Waals surface area contributed by atoms with Gasteiger partial charge in [-0.05, 0) is 58.5 Å². The molecule has 0 radical (unpaired) electrons.